The van der Waals surface area contributed by atoms with E-state index in [2.05, 4.69) is 6.07 Å². The lowest BCUT2D eigenvalue weighted by Crippen LogP contribution is -2.17. The van der Waals surface area contributed by atoms with Crippen molar-refractivity contribution in [2.24, 2.45) is 0 Å². The Morgan fingerprint density at radius 2 is 1.95 bits per heavy atom. The minimum atomic E-state index is -0.359. The molecule has 110 valence electrons. The molecule has 0 aliphatic heterocycles. The first-order valence-corrected chi connectivity index (χ1v) is 7.27. The summed E-state index contributed by atoms with van der Waals surface area (Å²) in [6.45, 7) is 3.19. The predicted octanol–water partition coefficient (Wildman–Crippen LogP) is 2.52. The molecule has 0 spiro atoms. The molecule has 0 radical (unpaired) electrons. The lowest BCUT2D eigenvalue weighted by molar-refractivity contribution is -0.147. The molecule has 1 aliphatic carbocycles. The van der Waals surface area contributed by atoms with Gasteiger partial charge in [0, 0.05) is 6.61 Å². The van der Waals surface area contributed by atoms with Gasteiger partial charge in [-0.05, 0) is 55.9 Å². The molecular formula is C16H22O4. The molecule has 0 saturated carbocycles. The minimum Gasteiger partial charge on any atom is -0.482 e. The number of carbonyl (C=O) groups is 1. The SMILES string of the molecule is CCOCCOC(=O)COc1ccc2c(c1)CCCC2. The third-order valence-electron chi connectivity index (χ3n) is 3.37. The van der Waals surface area contributed by atoms with Crippen molar-refractivity contribution in [2.75, 3.05) is 26.4 Å². The van der Waals surface area contributed by atoms with Crippen LogP contribution in [0.25, 0.3) is 0 Å². The van der Waals surface area contributed by atoms with Crippen LogP contribution in [0.3, 0.4) is 0 Å². The smallest absolute Gasteiger partial charge is 0.344 e. The Bertz CT molecular complexity index is 442. The maximum Gasteiger partial charge on any atom is 0.344 e. The summed E-state index contributed by atoms with van der Waals surface area (Å²) in [7, 11) is 0. The van der Waals surface area contributed by atoms with Gasteiger partial charge < -0.3 is 14.2 Å². The second-order valence-electron chi connectivity index (χ2n) is 4.84. The predicted molar refractivity (Wildman–Crippen MR) is 76.0 cm³/mol. The number of esters is 1. The van der Waals surface area contributed by atoms with Gasteiger partial charge in [-0.15, -0.1) is 0 Å². The van der Waals surface area contributed by atoms with Gasteiger partial charge in [0.25, 0.3) is 0 Å². The van der Waals surface area contributed by atoms with E-state index >= 15 is 0 Å². The van der Waals surface area contributed by atoms with E-state index < -0.39 is 0 Å². The molecule has 0 N–H and O–H groups in total. The normalized spacial score (nSPS) is 13.7. The van der Waals surface area contributed by atoms with Crippen molar-refractivity contribution in [3.63, 3.8) is 0 Å². The molecule has 2 rings (SSSR count). The number of hydrogen-bond acceptors (Lipinski definition) is 4. The van der Waals surface area contributed by atoms with Gasteiger partial charge in [-0.1, -0.05) is 6.07 Å². The summed E-state index contributed by atoms with van der Waals surface area (Å²) in [6.07, 6.45) is 4.75. The summed E-state index contributed by atoms with van der Waals surface area (Å²) in [5.74, 6) is 0.384. The number of rotatable bonds is 7. The number of hydrogen-bond donors (Lipinski definition) is 0. The summed E-state index contributed by atoms with van der Waals surface area (Å²) in [4.78, 5) is 11.5. The summed E-state index contributed by atoms with van der Waals surface area (Å²) in [5, 5.41) is 0. The van der Waals surface area contributed by atoms with Crippen LogP contribution in [0.4, 0.5) is 0 Å². The molecular weight excluding hydrogens is 256 g/mol. The van der Waals surface area contributed by atoms with Gasteiger partial charge in [-0.2, -0.15) is 0 Å². The van der Waals surface area contributed by atoms with Crippen LogP contribution in [0, 0.1) is 0 Å². The van der Waals surface area contributed by atoms with Crippen LogP contribution in [0.2, 0.25) is 0 Å². The Hall–Kier alpha value is -1.55. The summed E-state index contributed by atoms with van der Waals surface area (Å²) >= 11 is 0. The monoisotopic (exact) mass is 278 g/mol. The average Bonchev–Trinajstić information content (AvgIpc) is 2.49. The molecule has 0 heterocycles. The van der Waals surface area contributed by atoms with Crippen molar-refractivity contribution in [3.05, 3.63) is 29.3 Å². The van der Waals surface area contributed by atoms with Crippen molar-refractivity contribution in [3.8, 4) is 5.75 Å². The van der Waals surface area contributed by atoms with E-state index in [0.29, 0.717) is 13.2 Å². The molecule has 0 fully saturated rings. The van der Waals surface area contributed by atoms with Crippen LogP contribution in [0.15, 0.2) is 18.2 Å². The Balaban J connectivity index is 1.74. The molecule has 1 aliphatic rings. The molecule has 1 aromatic carbocycles. The van der Waals surface area contributed by atoms with Gasteiger partial charge in [-0.25, -0.2) is 4.79 Å². The maximum atomic E-state index is 11.5. The second kappa shape index (κ2) is 7.90. The number of aryl methyl sites for hydroxylation is 2. The van der Waals surface area contributed by atoms with Gasteiger partial charge in [-0.3, -0.25) is 0 Å². The third-order valence-corrected chi connectivity index (χ3v) is 3.37. The van der Waals surface area contributed by atoms with Crippen LogP contribution in [-0.4, -0.2) is 32.4 Å². The van der Waals surface area contributed by atoms with Crippen molar-refractivity contribution in [1.82, 2.24) is 0 Å². The fourth-order valence-electron chi connectivity index (χ4n) is 2.34. The average molecular weight is 278 g/mol. The molecule has 4 nitrogen and oxygen atoms in total. The lowest BCUT2D eigenvalue weighted by atomic mass is 9.92. The van der Waals surface area contributed by atoms with Gasteiger partial charge >= 0.3 is 5.97 Å². The van der Waals surface area contributed by atoms with Gasteiger partial charge in [0.05, 0.1) is 6.61 Å². The maximum absolute atomic E-state index is 11.5. The quantitative estimate of drug-likeness (QED) is 0.568. The highest BCUT2D eigenvalue weighted by atomic mass is 16.6. The number of ether oxygens (including phenoxy) is 3. The molecule has 1 aromatic rings. The van der Waals surface area contributed by atoms with Gasteiger partial charge in [0.1, 0.15) is 12.4 Å². The third kappa shape index (κ3) is 4.53. The zero-order valence-electron chi connectivity index (χ0n) is 12.0. The summed E-state index contributed by atoms with van der Waals surface area (Å²) in [5.41, 5.74) is 2.75. The standard InChI is InChI=1S/C16H22O4/c1-2-18-9-10-19-16(17)12-20-15-8-7-13-5-3-4-6-14(13)11-15/h7-8,11H,2-6,9-10,12H2,1H3. The molecule has 0 saturated heterocycles. The number of carbonyl (C=O) groups excluding carboxylic acids is 1. The molecule has 0 aromatic heterocycles. The Labute approximate surface area is 120 Å². The van der Waals surface area contributed by atoms with Crippen LogP contribution in [0.1, 0.15) is 30.9 Å². The van der Waals surface area contributed by atoms with Crippen LogP contribution in [0.5, 0.6) is 5.75 Å². The van der Waals surface area contributed by atoms with Crippen molar-refractivity contribution >= 4 is 5.97 Å². The molecule has 0 unspecified atom stereocenters. The largest absolute Gasteiger partial charge is 0.482 e. The molecule has 4 heteroatoms. The van der Waals surface area contributed by atoms with E-state index in [-0.39, 0.29) is 19.2 Å². The van der Waals surface area contributed by atoms with Crippen molar-refractivity contribution in [1.29, 1.82) is 0 Å². The van der Waals surface area contributed by atoms with Crippen molar-refractivity contribution < 1.29 is 19.0 Å². The van der Waals surface area contributed by atoms with E-state index in [0.717, 1.165) is 18.6 Å². The van der Waals surface area contributed by atoms with Crippen LogP contribution < -0.4 is 4.74 Å². The first kappa shape index (κ1) is 14.9. The second-order valence-corrected chi connectivity index (χ2v) is 4.84. The lowest BCUT2D eigenvalue weighted by Gasteiger charge is -2.16. The fourth-order valence-corrected chi connectivity index (χ4v) is 2.34. The van der Waals surface area contributed by atoms with Gasteiger partial charge in [0.2, 0.25) is 0 Å². The molecule has 20 heavy (non-hydrogen) atoms. The zero-order chi connectivity index (χ0) is 14.2. The first-order valence-electron chi connectivity index (χ1n) is 7.27. The Morgan fingerprint density at radius 1 is 1.15 bits per heavy atom. The highest BCUT2D eigenvalue weighted by Gasteiger charge is 2.11. The highest BCUT2D eigenvalue weighted by Crippen LogP contribution is 2.25. The molecule has 0 bridgehead atoms. The van der Waals surface area contributed by atoms with Crippen LogP contribution >= 0.6 is 0 Å². The first-order chi connectivity index (χ1) is 9.79. The number of benzene rings is 1. The van der Waals surface area contributed by atoms with E-state index in [4.69, 9.17) is 14.2 Å². The fraction of sp³-hybridized carbons (Fsp3) is 0.562. The summed E-state index contributed by atoms with van der Waals surface area (Å²) in [6, 6.07) is 6.07. The molecule has 0 atom stereocenters. The molecule has 0 amide bonds. The Morgan fingerprint density at radius 3 is 2.75 bits per heavy atom. The van der Waals surface area contributed by atoms with Crippen molar-refractivity contribution in [2.45, 2.75) is 32.6 Å². The zero-order valence-corrected chi connectivity index (χ0v) is 12.0. The van der Waals surface area contributed by atoms with E-state index in [1.165, 1.54) is 24.0 Å². The van der Waals surface area contributed by atoms with E-state index in [9.17, 15) is 4.79 Å². The number of fused-ring (bicyclic) bond motifs is 1. The van der Waals surface area contributed by atoms with Crippen LogP contribution in [-0.2, 0) is 27.1 Å². The minimum absolute atomic E-state index is 0.0507. The summed E-state index contributed by atoms with van der Waals surface area (Å²) < 4.78 is 15.6. The highest BCUT2D eigenvalue weighted by molar-refractivity contribution is 5.71. The van der Waals surface area contributed by atoms with Gasteiger partial charge in [0.15, 0.2) is 6.61 Å². The van der Waals surface area contributed by atoms with E-state index in [1.807, 2.05) is 19.1 Å². The topological polar surface area (TPSA) is 44.8 Å². The Kier molecular flexibility index (Phi) is 5.87. The van der Waals surface area contributed by atoms with E-state index in [1.54, 1.807) is 0 Å².